The van der Waals surface area contributed by atoms with Gasteiger partial charge in [0.25, 0.3) is 0 Å². The van der Waals surface area contributed by atoms with E-state index in [-0.39, 0.29) is 12.5 Å². The lowest BCUT2D eigenvalue weighted by Gasteiger charge is -2.19. The summed E-state index contributed by atoms with van der Waals surface area (Å²) in [5.74, 6) is -0.0721. The van der Waals surface area contributed by atoms with Crippen molar-refractivity contribution in [2.45, 2.75) is 360 Å². The maximum atomic E-state index is 12.5. The van der Waals surface area contributed by atoms with Gasteiger partial charge in [0.05, 0.1) is 18.8 Å². The monoisotopic (exact) mass is 980 g/mol. The van der Waals surface area contributed by atoms with Crippen LogP contribution < -0.4 is 5.32 Å². The standard InChI is InChI=1S/C66H125NO3/c1-3-5-7-9-11-13-15-17-19-21-23-25-27-29-31-32-33-34-36-38-40-42-44-46-48-50-52-54-56-58-60-62-66(70)67-64(63-68)65(69)61-59-57-55-53-51-49-47-45-43-41-39-37-35-30-28-26-24-22-20-18-16-14-12-10-8-6-4-2/h21,23,43,45,51,53,59,61,64-65,68-69H,3-20,22,24-42,44,46-50,52,54-58,60,62-63H2,1-2H3,(H,67,70)/b23-21-,45-43+,53-51+,61-59+. The Morgan fingerprint density at radius 3 is 0.829 bits per heavy atom. The van der Waals surface area contributed by atoms with Crippen molar-refractivity contribution in [2.75, 3.05) is 6.61 Å². The van der Waals surface area contributed by atoms with Gasteiger partial charge in [0.2, 0.25) is 5.91 Å². The van der Waals surface area contributed by atoms with Gasteiger partial charge >= 0.3 is 0 Å². The van der Waals surface area contributed by atoms with E-state index in [1.165, 1.54) is 289 Å². The van der Waals surface area contributed by atoms with E-state index < -0.39 is 12.1 Å². The number of rotatable bonds is 59. The second kappa shape index (κ2) is 61.6. The van der Waals surface area contributed by atoms with Crippen molar-refractivity contribution in [1.29, 1.82) is 0 Å². The van der Waals surface area contributed by atoms with Crippen LogP contribution in [0.3, 0.4) is 0 Å². The summed E-state index contributed by atoms with van der Waals surface area (Å²) in [7, 11) is 0. The zero-order valence-electron chi connectivity index (χ0n) is 47.6. The fraction of sp³-hybridized carbons (Fsp3) is 0.864. The second-order valence-electron chi connectivity index (χ2n) is 21.8. The van der Waals surface area contributed by atoms with Gasteiger partial charge in [-0.05, 0) is 70.6 Å². The van der Waals surface area contributed by atoms with E-state index in [0.29, 0.717) is 6.42 Å². The van der Waals surface area contributed by atoms with Gasteiger partial charge in [-0.25, -0.2) is 0 Å². The molecule has 0 rings (SSSR count). The molecule has 0 aliphatic carbocycles. The third-order valence-electron chi connectivity index (χ3n) is 14.8. The summed E-state index contributed by atoms with van der Waals surface area (Å²) < 4.78 is 0. The maximum Gasteiger partial charge on any atom is 0.220 e. The summed E-state index contributed by atoms with van der Waals surface area (Å²) in [6.07, 6.45) is 86.0. The molecule has 1 amide bonds. The number of amides is 1. The van der Waals surface area contributed by atoms with Crippen LogP contribution in [-0.4, -0.2) is 34.9 Å². The quantitative estimate of drug-likeness (QED) is 0.0420. The Morgan fingerprint density at radius 2 is 0.557 bits per heavy atom. The molecule has 0 aliphatic heterocycles. The van der Waals surface area contributed by atoms with E-state index in [9.17, 15) is 15.0 Å². The Hall–Kier alpha value is -1.65. The molecule has 0 bridgehead atoms. The van der Waals surface area contributed by atoms with Gasteiger partial charge in [0.1, 0.15) is 0 Å². The van der Waals surface area contributed by atoms with Gasteiger partial charge in [-0.3, -0.25) is 4.79 Å². The fourth-order valence-corrected chi connectivity index (χ4v) is 9.92. The number of nitrogens with one attached hydrogen (secondary N) is 1. The predicted octanol–water partition coefficient (Wildman–Crippen LogP) is 21.4. The van der Waals surface area contributed by atoms with Gasteiger partial charge in [0.15, 0.2) is 0 Å². The first kappa shape index (κ1) is 68.4. The summed E-state index contributed by atoms with van der Waals surface area (Å²) in [6.45, 7) is 4.33. The van der Waals surface area contributed by atoms with Crippen LogP contribution in [0.15, 0.2) is 48.6 Å². The van der Waals surface area contributed by atoms with E-state index in [2.05, 4.69) is 55.6 Å². The predicted molar refractivity (Wildman–Crippen MR) is 313 cm³/mol. The van der Waals surface area contributed by atoms with E-state index in [4.69, 9.17) is 0 Å². The van der Waals surface area contributed by atoms with Crippen LogP contribution in [0.25, 0.3) is 0 Å². The summed E-state index contributed by atoms with van der Waals surface area (Å²) in [6, 6.07) is -0.646. The third-order valence-corrected chi connectivity index (χ3v) is 14.8. The lowest BCUT2D eigenvalue weighted by atomic mass is 10.0. The van der Waals surface area contributed by atoms with Crippen LogP contribution in [0, 0.1) is 0 Å². The van der Waals surface area contributed by atoms with Gasteiger partial charge < -0.3 is 15.5 Å². The highest BCUT2D eigenvalue weighted by atomic mass is 16.3. The summed E-state index contributed by atoms with van der Waals surface area (Å²) in [5, 5.41) is 23.2. The van der Waals surface area contributed by atoms with Crippen molar-refractivity contribution in [3.05, 3.63) is 48.6 Å². The van der Waals surface area contributed by atoms with Crippen molar-refractivity contribution < 1.29 is 15.0 Å². The Balaban J connectivity index is 3.50. The molecule has 0 saturated carbocycles. The molecule has 70 heavy (non-hydrogen) atoms. The Bertz CT molecular complexity index is 1110. The van der Waals surface area contributed by atoms with Crippen LogP contribution in [0.4, 0.5) is 0 Å². The van der Waals surface area contributed by atoms with Crippen LogP contribution in [0.1, 0.15) is 348 Å². The molecule has 0 aliphatic rings. The van der Waals surface area contributed by atoms with Crippen LogP contribution in [-0.2, 0) is 4.79 Å². The number of aliphatic hydroxyl groups excluding tert-OH is 2. The van der Waals surface area contributed by atoms with Crippen molar-refractivity contribution in [3.8, 4) is 0 Å². The average molecular weight is 981 g/mol. The smallest absolute Gasteiger partial charge is 0.220 e. The molecular formula is C66H125NO3. The van der Waals surface area contributed by atoms with Gasteiger partial charge in [0, 0.05) is 6.42 Å². The number of unbranched alkanes of at least 4 members (excludes halogenated alkanes) is 46. The molecular weight excluding hydrogens is 855 g/mol. The van der Waals surface area contributed by atoms with E-state index in [0.717, 1.165) is 38.5 Å². The Morgan fingerprint density at radius 1 is 0.329 bits per heavy atom. The van der Waals surface area contributed by atoms with Gasteiger partial charge in [-0.15, -0.1) is 0 Å². The molecule has 0 aromatic heterocycles. The number of aliphatic hydroxyl groups is 2. The van der Waals surface area contributed by atoms with Crippen molar-refractivity contribution in [1.82, 2.24) is 5.32 Å². The molecule has 4 heteroatoms. The molecule has 0 fully saturated rings. The number of hydrogen-bond donors (Lipinski definition) is 3. The molecule has 412 valence electrons. The molecule has 2 unspecified atom stereocenters. The molecule has 0 aromatic rings. The first-order chi connectivity index (χ1) is 34.7. The van der Waals surface area contributed by atoms with E-state index in [1.807, 2.05) is 6.08 Å². The first-order valence-electron chi connectivity index (χ1n) is 31.9. The molecule has 0 spiro atoms. The molecule has 0 saturated heterocycles. The number of allylic oxidation sites excluding steroid dienone is 7. The molecule has 2 atom stereocenters. The molecule has 0 radical (unpaired) electrons. The largest absolute Gasteiger partial charge is 0.394 e. The topological polar surface area (TPSA) is 69.6 Å². The Kier molecular flexibility index (Phi) is 60.2. The summed E-state index contributed by atoms with van der Waals surface area (Å²) in [4.78, 5) is 12.5. The molecule has 3 N–H and O–H groups in total. The highest BCUT2D eigenvalue weighted by Gasteiger charge is 2.18. The minimum Gasteiger partial charge on any atom is -0.394 e. The SMILES string of the molecule is CCCCCCCCCC/C=C\CCCCCCCCCCCCCCCCCCCCCC(=O)NC(CO)C(O)/C=C/CC/C=C/CC/C=C/CCCCCCCCCCCCCCCCCCC. The zero-order valence-corrected chi connectivity index (χ0v) is 47.6. The number of hydrogen-bond acceptors (Lipinski definition) is 3. The van der Waals surface area contributed by atoms with Gasteiger partial charge in [-0.1, -0.05) is 319 Å². The Labute approximate surface area is 439 Å². The molecule has 4 nitrogen and oxygen atoms in total. The van der Waals surface area contributed by atoms with E-state index >= 15 is 0 Å². The van der Waals surface area contributed by atoms with Gasteiger partial charge in [-0.2, -0.15) is 0 Å². The average Bonchev–Trinajstić information content (AvgIpc) is 3.36. The normalized spacial score (nSPS) is 13.0. The number of carbonyl (C=O) groups excluding carboxylic acids is 1. The number of carbonyl (C=O) groups is 1. The zero-order chi connectivity index (χ0) is 50.6. The summed E-state index contributed by atoms with van der Waals surface area (Å²) in [5.41, 5.74) is 0. The maximum absolute atomic E-state index is 12.5. The van der Waals surface area contributed by atoms with Crippen LogP contribution in [0.2, 0.25) is 0 Å². The highest BCUT2D eigenvalue weighted by molar-refractivity contribution is 5.76. The van der Waals surface area contributed by atoms with Crippen molar-refractivity contribution >= 4 is 5.91 Å². The van der Waals surface area contributed by atoms with Crippen molar-refractivity contribution in [2.24, 2.45) is 0 Å². The van der Waals surface area contributed by atoms with Crippen LogP contribution >= 0.6 is 0 Å². The minimum absolute atomic E-state index is 0.0721. The third kappa shape index (κ3) is 57.3. The lowest BCUT2D eigenvalue weighted by molar-refractivity contribution is -0.123. The fourth-order valence-electron chi connectivity index (χ4n) is 9.92. The molecule has 0 aromatic carbocycles. The lowest BCUT2D eigenvalue weighted by Crippen LogP contribution is -2.45. The van der Waals surface area contributed by atoms with Crippen LogP contribution in [0.5, 0.6) is 0 Å². The first-order valence-corrected chi connectivity index (χ1v) is 31.9. The van der Waals surface area contributed by atoms with E-state index in [1.54, 1.807) is 6.08 Å². The minimum atomic E-state index is -0.871. The second-order valence-corrected chi connectivity index (χ2v) is 21.8. The van der Waals surface area contributed by atoms with Crippen molar-refractivity contribution in [3.63, 3.8) is 0 Å². The summed E-state index contributed by atoms with van der Waals surface area (Å²) >= 11 is 0. The molecule has 0 heterocycles. The highest BCUT2D eigenvalue weighted by Crippen LogP contribution is 2.18.